The summed E-state index contributed by atoms with van der Waals surface area (Å²) in [5.41, 5.74) is 1.41. The smallest absolute Gasteiger partial charge is 0.0410 e. The maximum atomic E-state index is 6.15. The Kier molecular flexibility index (Phi) is 8.10. The first-order valence-electron chi connectivity index (χ1n) is 7.74. The first kappa shape index (κ1) is 18.8. The predicted octanol–water partition coefficient (Wildman–Crippen LogP) is 4.66. The van der Waals surface area contributed by atoms with Gasteiger partial charge in [-0.15, -0.1) is 11.8 Å². The van der Waals surface area contributed by atoms with Gasteiger partial charge in [-0.3, -0.25) is 0 Å². The highest BCUT2D eigenvalue weighted by molar-refractivity contribution is 7.99. The molecule has 4 heteroatoms. The molecule has 21 heavy (non-hydrogen) atoms. The van der Waals surface area contributed by atoms with Gasteiger partial charge in [-0.05, 0) is 57.6 Å². The van der Waals surface area contributed by atoms with E-state index in [-0.39, 0.29) is 5.54 Å². The van der Waals surface area contributed by atoms with Crippen molar-refractivity contribution in [3.05, 3.63) is 28.8 Å². The Labute approximate surface area is 139 Å². The third-order valence-electron chi connectivity index (χ3n) is 3.39. The van der Waals surface area contributed by atoms with Crippen molar-refractivity contribution in [2.45, 2.75) is 51.6 Å². The average Bonchev–Trinajstić information content (AvgIpc) is 2.42. The van der Waals surface area contributed by atoms with E-state index in [1.54, 1.807) is 0 Å². The number of nitrogens with one attached hydrogen (secondary N) is 1. The molecule has 0 heterocycles. The van der Waals surface area contributed by atoms with Crippen LogP contribution in [0.5, 0.6) is 0 Å². The summed E-state index contributed by atoms with van der Waals surface area (Å²) >= 11 is 8.08. The summed E-state index contributed by atoms with van der Waals surface area (Å²) < 4.78 is 0. The Balaban J connectivity index is 2.64. The number of rotatable bonds is 8. The van der Waals surface area contributed by atoms with Crippen LogP contribution in [0.2, 0.25) is 5.02 Å². The van der Waals surface area contributed by atoms with Crippen LogP contribution in [0.3, 0.4) is 0 Å². The van der Waals surface area contributed by atoms with Gasteiger partial charge in [0.15, 0.2) is 0 Å². The van der Waals surface area contributed by atoms with Crippen LogP contribution in [-0.2, 0) is 6.54 Å². The van der Waals surface area contributed by atoms with Gasteiger partial charge >= 0.3 is 0 Å². The molecule has 0 unspecified atom stereocenters. The molecule has 0 radical (unpaired) electrons. The molecular formula is C17H29ClN2S. The Morgan fingerprint density at radius 3 is 2.43 bits per heavy atom. The molecule has 0 aliphatic heterocycles. The summed E-state index contributed by atoms with van der Waals surface area (Å²) in [6.07, 6.45) is 0. The van der Waals surface area contributed by atoms with E-state index < -0.39 is 0 Å². The molecule has 0 amide bonds. The molecular weight excluding hydrogens is 300 g/mol. The molecule has 0 aromatic heterocycles. The van der Waals surface area contributed by atoms with Gasteiger partial charge in [0.25, 0.3) is 0 Å². The highest BCUT2D eigenvalue weighted by Gasteiger charge is 2.11. The van der Waals surface area contributed by atoms with Crippen molar-refractivity contribution in [1.82, 2.24) is 10.2 Å². The summed E-state index contributed by atoms with van der Waals surface area (Å²) in [5, 5.41) is 4.36. The van der Waals surface area contributed by atoms with E-state index in [1.807, 2.05) is 17.8 Å². The molecule has 1 aromatic rings. The lowest BCUT2D eigenvalue weighted by atomic mass is 10.1. The largest absolute Gasteiger partial charge is 0.308 e. The van der Waals surface area contributed by atoms with Crippen molar-refractivity contribution in [3.8, 4) is 0 Å². The van der Waals surface area contributed by atoms with E-state index >= 15 is 0 Å². The minimum Gasteiger partial charge on any atom is -0.308 e. The molecule has 0 bridgehead atoms. The monoisotopic (exact) mass is 328 g/mol. The van der Waals surface area contributed by atoms with Crippen LogP contribution in [0.4, 0.5) is 0 Å². The molecule has 1 aromatic carbocycles. The second kappa shape index (κ2) is 9.04. The van der Waals surface area contributed by atoms with Crippen LogP contribution in [-0.4, -0.2) is 35.8 Å². The SMILES string of the molecule is CCN(CC)CCSc1ccc(Cl)cc1CNC(C)(C)C. The fourth-order valence-corrected chi connectivity index (χ4v) is 3.26. The molecule has 0 aliphatic carbocycles. The van der Waals surface area contributed by atoms with Gasteiger partial charge in [-0.25, -0.2) is 0 Å². The summed E-state index contributed by atoms with van der Waals surface area (Å²) in [5.74, 6) is 1.12. The van der Waals surface area contributed by atoms with Crippen molar-refractivity contribution in [1.29, 1.82) is 0 Å². The van der Waals surface area contributed by atoms with Crippen LogP contribution in [0.1, 0.15) is 40.2 Å². The first-order chi connectivity index (χ1) is 9.85. The third-order valence-corrected chi connectivity index (χ3v) is 4.72. The van der Waals surface area contributed by atoms with E-state index in [0.29, 0.717) is 0 Å². The zero-order chi connectivity index (χ0) is 15.9. The van der Waals surface area contributed by atoms with Crippen molar-refractivity contribution >= 4 is 23.4 Å². The minimum absolute atomic E-state index is 0.117. The van der Waals surface area contributed by atoms with Gasteiger partial charge in [0, 0.05) is 34.3 Å². The van der Waals surface area contributed by atoms with Gasteiger partial charge in [0.1, 0.15) is 0 Å². The molecule has 0 saturated heterocycles. The van der Waals surface area contributed by atoms with Gasteiger partial charge in [-0.2, -0.15) is 0 Å². The quantitative estimate of drug-likeness (QED) is 0.698. The van der Waals surface area contributed by atoms with Gasteiger partial charge in [0.05, 0.1) is 0 Å². The highest BCUT2D eigenvalue weighted by Crippen LogP contribution is 2.26. The fourth-order valence-electron chi connectivity index (χ4n) is 2.01. The van der Waals surface area contributed by atoms with Crippen LogP contribution >= 0.6 is 23.4 Å². The topological polar surface area (TPSA) is 15.3 Å². The first-order valence-corrected chi connectivity index (χ1v) is 9.10. The number of hydrogen-bond acceptors (Lipinski definition) is 3. The second-order valence-electron chi connectivity index (χ2n) is 6.23. The van der Waals surface area contributed by atoms with Crippen LogP contribution in [0, 0.1) is 0 Å². The van der Waals surface area contributed by atoms with Crippen molar-refractivity contribution in [2.24, 2.45) is 0 Å². The zero-order valence-electron chi connectivity index (χ0n) is 14.0. The summed E-state index contributed by atoms with van der Waals surface area (Å²) in [7, 11) is 0. The van der Waals surface area contributed by atoms with Crippen molar-refractivity contribution in [3.63, 3.8) is 0 Å². The molecule has 0 atom stereocenters. The molecule has 2 nitrogen and oxygen atoms in total. The van der Waals surface area contributed by atoms with Crippen molar-refractivity contribution < 1.29 is 0 Å². The predicted molar refractivity (Wildman–Crippen MR) is 96.6 cm³/mol. The van der Waals surface area contributed by atoms with Gasteiger partial charge in [0.2, 0.25) is 0 Å². The maximum absolute atomic E-state index is 6.15. The normalized spacial score (nSPS) is 12.1. The molecule has 0 spiro atoms. The minimum atomic E-state index is 0.117. The van der Waals surface area contributed by atoms with E-state index in [4.69, 9.17) is 11.6 Å². The zero-order valence-corrected chi connectivity index (χ0v) is 15.6. The summed E-state index contributed by atoms with van der Waals surface area (Å²) in [6, 6.07) is 6.22. The Bertz CT molecular complexity index is 425. The van der Waals surface area contributed by atoms with Gasteiger partial charge in [-0.1, -0.05) is 25.4 Å². The number of halogens is 1. The number of hydrogen-bond donors (Lipinski definition) is 1. The van der Waals surface area contributed by atoms with E-state index in [1.165, 1.54) is 10.5 Å². The number of benzene rings is 1. The molecule has 1 N–H and O–H groups in total. The highest BCUT2D eigenvalue weighted by atomic mass is 35.5. The van der Waals surface area contributed by atoms with Crippen LogP contribution in [0.15, 0.2) is 23.1 Å². The number of thioether (sulfide) groups is 1. The Morgan fingerprint density at radius 1 is 1.19 bits per heavy atom. The van der Waals surface area contributed by atoms with E-state index in [2.05, 4.69) is 57.0 Å². The summed E-state index contributed by atoms with van der Waals surface area (Å²) in [4.78, 5) is 3.79. The van der Waals surface area contributed by atoms with E-state index in [9.17, 15) is 0 Å². The van der Waals surface area contributed by atoms with Gasteiger partial charge < -0.3 is 10.2 Å². The molecule has 0 saturated carbocycles. The maximum Gasteiger partial charge on any atom is 0.0410 e. The average molecular weight is 329 g/mol. The Morgan fingerprint density at radius 2 is 1.86 bits per heavy atom. The summed E-state index contributed by atoms with van der Waals surface area (Å²) in [6.45, 7) is 15.2. The molecule has 0 fully saturated rings. The van der Waals surface area contributed by atoms with Crippen molar-refractivity contribution in [2.75, 3.05) is 25.4 Å². The van der Waals surface area contributed by atoms with Crippen LogP contribution in [0.25, 0.3) is 0 Å². The third kappa shape index (κ3) is 7.55. The molecule has 120 valence electrons. The standard InChI is InChI=1S/C17H29ClN2S/c1-6-20(7-2)10-11-21-16-9-8-15(18)12-14(16)13-19-17(3,4)5/h8-9,12,19H,6-7,10-11,13H2,1-5H3. The molecule has 0 aliphatic rings. The lowest BCUT2D eigenvalue weighted by Gasteiger charge is -2.22. The van der Waals surface area contributed by atoms with E-state index in [0.717, 1.165) is 37.0 Å². The molecule has 1 rings (SSSR count). The van der Waals surface area contributed by atoms with Crippen LogP contribution < -0.4 is 5.32 Å². The second-order valence-corrected chi connectivity index (χ2v) is 7.80. The fraction of sp³-hybridized carbons (Fsp3) is 0.647. The lowest BCUT2D eigenvalue weighted by molar-refractivity contribution is 0.324. The number of nitrogens with zero attached hydrogens (tertiary/aromatic N) is 1. The lowest BCUT2D eigenvalue weighted by Crippen LogP contribution is -2.35. The Hall–Kier alpha value is -0.220.